The van der Waals surface area contributed by atoms with Gasteiger partial charge in [0.15, 0.2) is 0 Å². The summed E-state index contributed by atoms with van der Waals surface area (Å²) in [5.74, 6) is 1.05. The maximum atomic E-state index is 13.4. The number of aryl methyl sites for hydroxylation is 2. The minimum absolute atomic E-state index is 0.131. The maximum absolute atomic E-state index is 13.4. The van der Waals surface area contributed by atoms with Gasteiger partial charge in [-0.3, -0.25) is 4.79 Å². The van der Waals surface area contributed by atoms with E-state index in [0.717, 1.165) is 46.9 Å². The molecule has 2 fully saturated rings. The SMILES string of the molecule is CCc1cc2c(SC(C)C(=O)N3CC4(C)CC3CC(C)(C)C4)nc(C)nc2s1. The highest BCUT2D eigenvalue weighted by Gasteiger charge is 2.51. The number of thiophene rings is 1. The number of rotatable bonds is 4. The zero-order valence-corrected chi connectivity index (χ0v) is 19.5. The van der Waals surface area contributed by atoms with Crippen LogP contribution in [0.4, 0.5) is 0 Å². The molecule has 1 amide bonds. The van der Waals surface area contributed by atoms with Crippen molar-refractivity contribution in [3.05, 3.63) is 16.8 Å². The molecule has 6 heteroatoms. The lowest BCUT2D eigenvalue weighted by Gasteiger charge is -2.39. The van der Waals surface area contributed by atoms with Gasteiger partial charge in [-0.25, -0.2) is 9.97 Å². The smallest absolute Gasteiger partial charge is 0.236 e. The third-order valence-corrected chi connectivity index (χ3v) is 8.47. The molecule has 4 rings (SSSR count). The van der Waals surface area contributed by atoms with E-state index in [2.05, 4.69) is 48.6 Å². The van der Waals surface area contributed by atoms with Gasteiger partial charge in [-0.1, -0.05) is 39.5 Å². The predicted molar refractivity (Wildman–Crippen MR) is 118 cm³/mol. The molecule has 1 aliphatic carbocycles. The lowest BCUT2D eigenvalue weighted by Crippen LogP contribution is -2.41. The van der Waals surface area contributed by atoms with Crippen molar-refractivity contribution in [2.24, 2.45) is 10.8 Å². The van der Waals surface area contributed by atoms with Crippen molar-refractivity contribution in [3.8, 4) is 0 Å². The lowest BCUT2D eigenvalue weighted by molar-refractivity contribution is -0.131. The summed E-state index contributed by atoms with van der Waals surface area (Å²) in [5, 5.41) is 1.92. The molecule has 0 aromatic carbocycles. The van der Waals surface area contributed by atoms with Crippen LogP contribution in [0.3, 0.4) is 0 Å². The van der Waals surface area contributed by atoms with Crippen LogP contribution < -0.4 is 0 Å². The molecular formula is C22H31N3OS2. The number of likely N-dealkylation sites (tertiary alicyclic amines) is 1. The van der Waals surface area contributed by atoms with Gasteiger partial charge in [0.25, 0.3) is 0 Å². The average molecular weight is 418 g/mol. The number of carbonyl (C=O) groups excluding carboxylic acids is 1. The van der Waals surface area contributed by atoms with Crippen molar-refractivity contribution in [1.82, 2.24) is 14.9 Å². The summed E-state index contributed by atoms with van der Waals surface area (Å²) in [6.07, 6.45) is 4.48. The van der Waals surface area contributed by atoms with E-state index in [1.807, 2.05) is 13.8 Å². The van der Waals surface area contributed by atoms with Gasteiger partial charge in [-0.05, 0) is 56.4 Å². The molecule has 28 heavy (non-hydrogen) atoms. The molecule has 152 valence electrons. The first-order valence-electron chi connectivity index (χ1n) is 10.3. The fraction of sp³-hybridized carbons (Fsp3) is 0.682. The fourth-order valence-corrected chi connectivity index (χ4v) is 7.60. The Labute approximate surface area is 176 Å². The summed E-state index contributed by atoms with van der Waals surface area (Å²) in [6.45, 7) is 14.1. The van der Waals surface area contributed by atoms with E-state index < -0.39 is 0 Å². The molecule has 2 aromatic rings. The van der Waals surface area contributed by atoms with Crippen molar-refractivity contribution in [2.45, 2.75) is 83.5 Å². The second-order valence-corrected chi connectivity index (χ2v) is 12.2. The Balaban J connectivity index is 1.56. The van der Waals surface area contributed by atoms with Crippen molar-refractivity contribution in [3.63, 3.8) is 0 Å². The summed E-state index contributed by atoms with van der Waals surface area (Å²) in [6, 6.07) is 2.59. The Morgan fingerprint density at radius 3 is 2.82 bits per heavy atom. The third-order valence-electron chi connectivity index (χ3n) is 6.20. The third kappa shape index (κ3) is 3.70. The highest BCUT2D eigenvalue weighted by Crippen LogP contribution is 2.52. The van der Waals surface area contributed by atoms with E-state index in [9.17, 15) is 4.79 Å². The van der Waals surface area contributed by atoms with Gasteiger partial charge in [0.1, 0.15) is 15.7 Å². The van der Waals surface area contributed by atoms with Crippen LogP contribution >= 0.6 is 23.1 Å². The van der Waals surface area contributed by atoms with Crippen molar-refractivity contribution in [2.75, 3.05) is 6.54 Å². The Morgan fingerprint density at radius 2 is 2.11 bits per heavy atom. The molecule has 4 nitrogen and oxygen atoms in total. The molecule has 1 saturated carbocycles. The number of hydrogen-bond donors (Lipinski definition) is 0. The largest absolute Gasteiger partial charge is 0.338 e. The molecule has 0 radical (unpaired) electrons. The first kappa shape index (κ1) is 20.1. The monoisotopic (exact) mass is 417 g/mol. The van der Waals surface area contributed by atoms with Crippen LogP contribution in [0.5, 0.6) is 0 Å². The minimum atomic E-state index is -0.131. The van der Waals surface area contributed by atoms with Gasteiger partial charge < -0.3 is 4.90 Å². The molecule has 3 atom stereocenters. The molecule has 3 heterocycles. The summed E-state index contributed by atoms with van der Waals surface area (Å²) in [7, 11) is 0. The zero-order valence-electron chi connectivity index (χ0n) is 17.8. The first-order valence-corrected chi connectivity index (χ1v) is 12.0. The normalized spacial score (nSPS) is 27.4. The van der Waals surface area contributed by atoms with E-state index >= 15 is 0 Å². The first-order chi connectivity index (χ1) is 13.1. The number of carbonyl (C=O) groups is 1. The Kier molecular flexibility index (Phi) is 5.02. The van der Waals surface area contributed by atoms with Gasteiger partial charge in [0.2, 0.25) is 5.91 Å². The summed E-state index contributed by atoms with van der Waals surface area (Å²) in [4.78, 5) is 27.2. The number of hydrogen-bond acceptors (Lipinski definition) is 5. The van der Waals surface area contributed by atoms with E-state index in [4.69, 9.17) is 0 Å². The lowest BCUT2D eigenvalue weighted by atomic mass is 9.65. The number of nitrogens with zero attached hydrogens (tertiary/aromatic N) is 3. The molecule has 2 aromatic heterocycles. The minimum Gasteiger partial charge on any atom is -0.338 e. The molecular weight excluding hydrogens is 386 g/mol. The van der Waals surface area contributed by atoms with E-state index in [1.54, 1.807) is 23.1 Å². The van der Waals surface area contributed by atoms with Crippen LogP contribution in [-0.4, -0.2) is 38.6 Å². The molecule has 0 spiro atoms. The quantitative estimate of drug-likeness (QED) is 0.489. The highest BCUT2D eigenvalue weighted by molar-refractivity contribution is 8.00. The molecule has 1 saturated heterocycles. The fourth-order valence-electron chi connectivity index (χ4n) is 5.48. The zero-order chi connectivity index (χ0) is 20.3. The van der Waals surface area contributed by atoms with Gasteiger partial charge >= 0.3 is 0 Å². The van der Waals surface area contributed by atoms with E-state index in [0.29, 0.717) is 11.5 Å². The number of aromatic nitrogens is 2. The summed E-state index contributed by atoms with van der Waals surface area (Å²) in [5.41, 5.74) is 0.598. The van der Waals surface area contributed by atoms with Crippen LogP contribution in [-0.2, 0) is 11.2 Å². The van der Waals surface area contributed by atoms with Crippen LogP contribution in [0.15, 0.2) is 11.1 Å². The van der Waals surface area contributed by atoms with Crippen LogP contribution in [0.2, 0.25) is 0 Å². The van der Waals surface area contributed by atoms with Crippen molar-refractivity contribution >= 4 is 39.2 Å². The summed E-state index contributed by atoms with van der Waals surface area (Å²) < 4.78 is 0. The van der Waals surface area contributed by atoms with Gasteiger partial charge in [0, 0.05) is 22.8 Å². The van der Waals surface area contributed by atoms with Crippen LogP contribution in [0.1, 0.15) is 64.6 Å². The second-order valence-electron chi connectivity index (χ2n) is 9.80. The summed E-state index contributed by atoms with van der Waals surface area (Å²) >= 11 is 3.34. The molecule has 2 bridgehead atoms. The average Bonchev–Trinajstić information content (AvgIpc) is 3.10. The number of amides is 1. The number of fused-ring (bicyclic) bond motifs is 3. The topological polar surface area (TPSA) is 46.1 Å². The van der Waals surface area contributed by atoms with Gasteiger partial charge in [-0.15, -0.1) is 11.3 Å². The highest BCUT2D eigenvalue weighted by atomic mass is 32.2. The molecule has 1 aliphatic heterocycles. The van der Waals surface area contributed by atoms with E-state index in [1.165, 1.54) is 11.3 Å². The number of thioether (sulfide) groups is 1. The van der Waals surface area contributed by atoms with Crippen LogP contribution in [0, 0.1) is 17.8 Å². The van der Waals surface area contributed by atoms with Gasteiger partial charge in [0.05, 0.1) is 5.25 Å². The second kappa shape index (κ2) is 6.98. The molecule has 0 N–H and O–H groups in total. The Bertz CT molecular complexity index is 922. The Hall–Kier alpha value is -1.14. The maximum Gasteiger partial charge on any atom is 0.236 e. The van der Waals surface area contributed by atoms with Crippen molar-refractivity contribution < 1.29 is 4.79 Å². The van der Waals surface area contributed by atoms with Gasteiger partial charge in [-0.2, -0.15) is 0 Å². The standard InChI is InChI=1S/C22H31N3OS2/c1-7-16-8-17-18(23-14(3)24-19(17)28-16)27-13(2)20(26)25-12-22(6)10-15(25)9-21(4,5)11-22/h8,13,15H,7,9-12H2,1-6H3. The predicted octanol–water partition coefficient (Wildman–Crippen LogP) is 5.47. The molecule has 2 aliphatic rings. The molecule has 3 unspecified atom stereocenters. The van der Waals surface area contributed by atoms with E-state index in [-0.39, 0.29) is 16.6 Å². The van der Waals surface area contributed by atoms with Crippen molar-refractivity contribution in [1.29, 1.82) is 0 Å². The Morgan fingerprint density at radius 1 is 1.36 bits per heavy atom. The van der Waals surface area contributed by atoms with Crippen LogP contribution in [0.25, 0.3) is 10.2 Å².